The highest BCUT2D eigenvalue weighted by molar-refractivity contribution is 7.99. The second-order valence-electron chi connectivity index (χ2n) is 2.94. The van der Waals surface area contributed by atoms with E-state index in [1.165, 1.54) is 0 Å². The van der Waals surface area contributed by atoms with E-state index in [-0.39, 0.29) is 16.8 Å². The number of thioether (sulfide) groups is 1. The summed E-state index contributed by atoms with van der Waals surface area (Å²) in [5.41, 5.74) is -0.806. The van der Waals surface area contributed by atoms with Crippen LogP contribution < -0.4 is 0 Å². The van der Waals surface area contributed by atoms with E-state index < -0.39 is 11.7 Å². The van der Waals surface area contributed by atoms with Crippen molar-refractivity contribution in [1.82, 2.24) is 4.98 Å². The second kappa shape index (κ2) is 5.75. The summed E-state index contributed by atoms with van der Waals surface area (Å²) in [5.74, 6) is 0.501. The molecule has 0 aliphatic carbocycles. The van der Waals surface area contributed by atoms with Crippen LogP contribution in [0.25, 0.3) is 0 Å². The number of hydrogen-bond donors (Lipinski definition) is 1. The Bertz CT molecular complexity index is 359. The molecule has 0 amide bonds. The van der Waals surface area contributed by atoms with Crippen molar-refractivity contribution in [2.75, 3.05) is 12.4 Å². The third-order valence-corrected chi connectivity index (χ3v) is 2.84. The fraction of sp³-hybridized carbons (Fsp3) is 0.444. The first-order valence-electron chi connectivity index (χ1n) is 4.42. The zero-order valence-corrected chi connectivity index (χ0v) is 9.66. The molecule has 1 heterocycles. The van der Waals surface area contributed by atoms with Gasteiger partial charge in [-0.05, 0) is 18.6 Å². The van der Waals surface area contributed by atoms with E-state index in [4.69, 9.17) is 16.7 Å². The molecule has 1 aromatic rings. The molecule has 16 heavy (non-hydrogen) atoms. The van der Waals surface area contributed by atoms with Crippen molar-refractivity contribution in [3.63, 3.8) is 0 Å². The molecule has 0 unspecified atom stereocenters. The maximum atomic E-state index is 12.4. The summed E-state index contributed by atoms with van der Waals surface area (Å²) in [6, 6.07) is 1.74. The van der Waals surface area contributed by atoms with E-state index in [9.17, 15) is 13.2 Å². The van der Waals surface area contributed by atoms with Gasteiger partial charge < -0.3 is 5.11 Å². The fourth-order valence-corrected chi connectivity index (χ4v) is 2.07. The minimum absolute atomic E-state index is 0.000304. The Morgan fingerprint density at radius 3 is 2.62 bits per heavy atom. The maximum absolute atomic E-state index is 12.4. The van der Waals surface area contributed by atoms with E-state index in [2.05, 4.69) is 4.98 Å². The standard InChI is InChI=1S/C9H9ClF3NOS/c10-7-4-6(9(11,12)13)5-8(14-7)16-3-1-2-15/h4-5,15H,1-3H2. The molecular weight excluding hydrogens is 263 g/mol. The first-order valence-corrected chi connectivity index (χ1v) is 5.78. The van der Waals surface area contributed by atoms with Gasteiger partial charge in [0.05, 0.1) is 10.6 Å². The van der Waals surface area contributed by atoms with E-state index in [1.54, 1.807) is 0 Å². The van der Waals surface area contributed by atoms with Crippen LogP contribution in [0, 0.1) is 0 Å². The molecule has 7 heteroatoms. The third kappa shape index (κ3) is 4.19. The van der Waals surface area contributed by atoms with Crippen LogP contribution >= 0.6 is 23.4 Å². The number of hydrogen-bond acceptors (Lipinski definition) is 3. The maximum Gasteiger partial charge on any atom is 0.416 e. The van der Waals surface area contributed by atoms with Crippen molar-refractivity contribution in [3.05, 3.63) is 22.8 Å². The number of rotatable bonds is 4. The van der Waals surface area contributed by atoms with Crippen LogP contribution in [0.3, 0.4) is 0 Å². The van der Waals surface area contributed by atoms with Crippen molar-refractivity contribution >= 4 is 23.4 Å². The summed E-state index contributed by atoms with van der Waals surface area (Å²) in [7, 11) is 0. The average Bonchev–Trinajstić information content (AvgIpc) is 2.16. The third-order valence-electron chi connectivity index (χ3n) is 1.65. The summed E-state index contributed by atoms with van der Waals surface area (Å²) >= 11 is 6.63. The molecule has 0 saturated carbocycles. The number of alkyl halides is 3. The molecule has 0 aliphatic heterocycles. The first-order chi connectivity index (χ1) is 7.43. The van der Waals surface area contributed by atoms with Gasteiger partial charge in [-0.2, -0.15) is 13.2 Å². The smallest absolute Gasteiger partial charge is 0.396 e. The van der Waals surface area contributed by atoms with Gasteiger partial charge in [0.2, 0.25) is 0 Å². The van der Waals surface area contributed by atoms with Crippen LogP contribution in [-0.2, 0) is 6.18 Å². The summed E-state index contributed by atoms with van der Waals surface area (Å²) in [6.07, 6.45) is -3.92. The van der Waals surface area contributed by atoms with Crippen LogP contribution in [-0.4, -0.2) is 22.5 Å². The Kier molecular flexibility index (Phi) is 4.89. The lowest BCUT2D eigenvalue weighted by molar-refractivity contribution is -0.137. The van der Waals surface area contributed by atoms with Crippen molar-refractivity contribution in [2.45, 2.75) is 17.6 Å². The minimum atomic E-state index is -4.42. The van der Waals surface area contributed by atoms with Crippen LogP contribution in [0.5, 0.6) is 0 Å². The number of pyridine rings is 1. The van der Waals surface area contributed by atoms with Crippen molar-refractivity contribution in [3.8, 4) is 0 Å². The molecule has 0 aromatic carbocycles. The molecule has 0 fully saturated rings. The van der Waals surface area contributed by atoms with E-state index in [0.717, 1.165) is 23.9 Å². The Hall–Kier alpha value is -0.460. The summed E-state index contributed by atoms with van der Waals surface area (Å²) in [4.78, 5) is 3.77. The minimum Gasteiger partial charge on any atom is -0.396 e. The van der Waals surface area contributed by atoms with Crippen molar-refractivity contribution in [1.29, 1.82) is 0 Å². The topological polar surface area (TPSA) is 33.1 Å². The number of nitrogens with zero attached hydrogens (tertiary/aromatic N) is 1. The van der Waals surface area contributed by atoms with E-state index in [0.29, 0.717) is 12.2 Å². The highest BCUT2D eigenvalue weighted by Gasteiger charge is 2.31. The highest BCUT2D eigenvalue weighted by atomic mass is 35.5. The lowest BCUT2D eigenvalue weighted by Gasteiger charge is -2.08. The van der Waals surface area contributed by atoms with Gasteiger partial charge in [0.15, 0.2) is 0 Å². The fourth-order valence-electron chi connectivity index (χ4n) is 0.952. The molecule has 0 atom stereocenters. The molecule has 1 aromatic heterocycles. The molecular formula is C9H9ClF3NOS. The molecule has 0 aliphatic rings. The second-order valence-corrected chi connectivity index (χ2v) is 4.44. The van der Waals surface area contributed by atoms with Crippen LogP contribution in [0.15, 0.2) is 17.2 Å². The Morgan fingerprint density at radius 1 is 1.38 bits per heavy atom. The normalized spacial score (nSPS) is 11.8. The quantitative estimate of drug-likeness (QED) is 0.518. The van der Waals surface area contributed by atoms with E-state index in [1.807, 2.05) is 0 Å². The molecule has 2 nitrogen and oxygen atoms in total. The Balaban J connectivity index is 2.82. The van der Waals surface area contributed by atoms with Gasteiger partial charge in [0.25, 0.3) is 0 Å². The van der Waals surface area contributed by atoms with Crippen molar-refractivity contribution < 1.29 is 18.3 Å². The molecule has 1 rings (SSSR count). The lowest BCUT2D eigenvalue weighted by atomic mass is 10.3. The Morgan fingerprint density at radius 2 is 2.06 bits per heavy atom. The average molecular weight is 272 g/mol. The number of halogens is 4. The molecule has 90 valence electrons. The van der Waals surface area contributed by atoms with Gasteiger partial charge in [0.1, 0.15) is 5.15 Å². The zero-order chi connectivity index (χ0) is 12.2. The van der Waals surface area contributed by atoms with Gasteiger partial charge in [0, 0.05) is 12.4 Å². The largest absolute Gasteiger partial charge is 0.416 e. The zero-order valence-electron chi connectivity index (χ0n) is 8.09. The van der Waals surface area contributed by atoms with Crippen LogP contribution in [0.4, 0.5) is 13.2 Å². The number of aliphatic hydroxyl groups excluding tert-OH is 1. The summed E-state index contributed by atoms with van der Waals surface area (Å²) in [6.45, 7) is -0.000304. The van der Waals surface area contributed by atoms with Gasteiger partial charge >= 0.3 is 6.18 Å². The SMILES string of the molecule is OCCCSc1cc(C(F)(F)F)cc(Cl)n1. The predicted molar refractivity (Wildman–Crippen MR) is 56.7 cm³/mol. The summed E-state index contributed by atoms with van der Waals surface area (Å²) < 4.78 is 37.2. The van der Waals surface area contributed by atoms with Crippen LogP contribution in [0.1, 0.15) is 12.0 Å². The van der Waals surface area contributed by atoms with Gasteiger partial charge in [-0.15, -0.1) is 11.8 Å². The van der Waals surface area contributed by atoms with Gasteiger partial charge in [-0.25, -0.2) is 4.98 Å². The predicted octanol–water partition coefficient (Wildman–Crippen LogP) is 3.23. The van der Waals surface area contributed by atoms with Crippen molar-refractivity contribution in [2.24, 2.45) is 0 Å². The molecule has 1 N–H and O–H groups in total. The first kappa shape index (κ1) is 13.6. The van der Waals surface area contributed by atoms with Crippen LogP contribution in [0.2, 0.25) is 5.15 Å². The van der Waals surface area contributed by atoms with Gasteiger partial charge in [-0.1, -0.05) is 11.6 Å². The molecule has 0 spiro atoms. The molecule has 0 bridgehead atoms. The molecule has 0 saturated heterocycles. The monoisotopic (exact) mass is 271 g/mol. The highest BCUT2D eigenvalue weighted by Crippen LogP contribution is 2.32. The number of aliphatic hydroxyl groups is 1. The number of aromatic nitrogens is 1. The summed E-state index contributed by atoms with van der Waals surface area (Å²) in [5, 5.41) is 8.58. The van der Waals surface area contributed by atoms with E-state index >= 15 is 0 Å². The lowest BCUT2D eigenvalue weighted by Crippen LogP contribution is -2.05. The van der Waals surface area contributed by atoms with Gasteiger partial charge in [-0.3, -0.25) is 0 Å². The molecule has 0 radical (unpaired) electrons. The Labute approximate surface area is 99.8 Å².